The summed E-state index contributed by atoms with van der Waals surface area (Å²) in [5.41, 5.74) is -4.82. The lowest BCUT2D eigenvalue weighted by Gasteiger charge is -2.61. The molecule has 2 bridgehead atoms. The maximum absolute atomic E-state index is 15.2. The van der Waals surface area contributed by atoms with Gasteiger partial charge >= 0.3 is 19.2 Å². The smallest absolute Gasteiger partial charge is 0.404 e. The molecule has 4 rings (SSSR count). The maximum Gasteiger partial charge on any atom is 0.404 e. The predicted octanol–water partition coefficient (Wildman–Crippen LogP) is 5.66. The molecule has 196 valence electrons. The van der Waals surface area contributed by atoms with Crippen molar-refractivity contribution < 1.29 is 37.4 Å². The Morgan fingerprint density at radius 2 is 1.89 bits per heavy atom. The van der Waals surface area contributed by atoms with Gasteiger partial charge in [0.25, 0.3) is 0 Å². The second-order valence-electron chi connectivity index (χ2n) is 9.87. The number of carboxylic acid groups (broad SMARTS) is 1. The third-order valence-corrected chi connectivity index (χ3v) is 10.1. The molecule has 0 heterocycles. The SMILES string of the molecule is CCOP(=O)(OCC)C(F)(F)c1ccc(C[C@H](NC2=CC3CC(C2(C)O)C3(C)C)C(=O)O)cc1Br. The number of benzene rings is 1. The van der Waals surface area contributed by atoms with E-state index < -0.39 is 36.4 Å². The van der Waals surface area contributed by atoms with Crippen LogP contribution in [0.15, 0.2) is 34.4 Å². The van der Waals surface area contributed by atoms with Crippen molar-refractivity contribution >= 4 is 29.5 Å². The number of aliphatic carboxylic acids is 1. The molecule has 3 unspecified atom stereocenters. The lowest BCUT2D eigenvalue weighted by Crippen LogP contribution is -2.62. The average molecular weight is 580 g/mol. The zero-order chi connectivity index (χ0) is 26.4. The molecule has 1 fully saturated rings. The van der Waals surface area contributed by atoms with Crippen molar-refractivity contribution in [3.8, 4) is 0 Å². The Bertz CT molecular complexity index is 1050. The average Bonchev–Trinajstić information content (AvgIpc) is 2.73. The van der Waals surface area contributed by atoms with Crippen LogP contribution in [0.5, 0.6) is 0 Å². The van der Waals surface area contributed by atoms with E-state index in [4.69, 9.17) is 9.05 Å². The van der Waals surface area contributed by atoms with Crippen LogP contribution in [0.3, 0.4) is 0 Å². The highest BCUT2D eigenvalue weighted by molar-refractivity contribution is 9.10. The van der Waals surface area contributed by atoms with Crippen LogP contribution < -0.4 is 5.32 Å². The highest BCUT2D eigenvalue weighted by atomic mass is 79.9. The van der Waals surface area contributed by atoms with E-state index in [-0.39, 0.29) is 41.4 Å². The number of carbonyl (C=O) groups is 1. The highest BCUT2D eigenvalue weighted by Crippen LogP contribution is 2.67. The molecule has 3 N–H and O–H groups in total. The van der Waals surface area contributed by atoms with Crippen molar-refractivity contribution in [2.45, 2.75) is 64.8 Å². The minimum Gasteiger partial charge on any atom is -0.480 e. The van der Waals surface area contributed by atoms with Gasteiger partial charge in [0.05, 0.1) is 13.2 Å². The number of carboxylic acids is 1. The van der Waals surface area contributed by atoms with Crippen molar-refractivity contribution in [2.24, 2.45) is 17.3 Å². The van der Waals surface area contributed by atoms with Crippen LogP contribution >= 0.6 is 23.5 Å². The summed E-state index contributed by atoms with van der Waals surface area (Å²) in [4.78, 5) is 12.0. The number of alkyl halides is 2. The molecule has 4 atom stereocenters. The van der Waals surface area contributed by atoms with E-state index in [9.17, 15) is 19.6 Å². The molecule has 0 aromatic heterocycles. The molecule has 7 nitrogen and oxygen atoms in total. The zero-order valence-electron chi connectivity index (χ0n) is 20.5. The summed E-state index contributed by atoms with van der Waals surface area (Å²) in [5, 5.41) is 23.9. The Hall–Kier alpha value is -1.32. The molecule has 3 aliphatic rings. The fourth-order valence-electron chi connectivity index (χ4n) is 5.19. The fraction of sp³-hybridized carbons (Fsp3) is 0.625. The van der Waals surface area contributed by atoms with E-state index >= 15 is 8.78 Å². The van der Waals surface area contributed by atoms with Crippen molar-refractivity contribution in [1.82, 2.24) is 5.32 Å². The highest BCUT2D eigenvalue weighted by Gasteiger charge is 2.60. The van der Waals surface area contributed by atoms with Crippen molar-refractivity contribution in [3.63, 3.8) is 0 Å². The Balaban J connectivity index is 1.84. The van der Waals surface area contributed by atoms with Gasteiger partial charge in [-0.25, -0.2) is 4.79 Å². The summed E-state index contributed by atoms with van der Waals surface area (Å²) < 4.78 is 52.8. The summed E-state index contributed by atoms with van der Waals surface area (Å²) in [7, 11) is -4.79. The number of aliphatic hydroxyl groups is 1. The van der Waals surface area contributed by atoms with E-state index in [1.54, 1.807) is 6.92 Å². The van der Waals surface area contributed by atoms with Crippen LogP contribution in [-0.2, 0) is 30.5 Å². The Morgan fingerprint density at radius 1 is 1.29 bits per heavy atom. The number of hydrogen-bond donors (Lipinski definition) is 3. The van der Waals surface area contributed by atoms with Gasteiger partial charge in [-0.3, -0.25) is 4.57 Å². The van der Waals surface area contributed by atoms with E-state index in [0.29, 0.717) is 11.3 Å². The molecular formula is C24H33BrF2NO6P. The van der Waals surface area contributed by atoms with Crippen LogP contribution in [0, 0.1) is 17.3 Å². The summed E-state index contributed by atoms with van der Waals surface area (Å²) in [6, 6.07) is 2.74. The van der Waals surface area contributed by atoms with Crippen LogP contribution in [0.1, 0.15) is 52.2 Å². The number of nitrogens with one attached hydrogen (secondary N) is 1. The molecular weight excluding hydrogens is 547 g/mol. The van der Waals surface area contributed by atoms with E-state index in [2.05, 4.69) is 35.1 Å². The Kier molecular flexibility index (Phi) is 7.96. The van der Waals surface area contributed by atoms with Crippen LogP contribution in [0.25, 0.3) is 0 Å². The van der Waals surface area contributed by atoms with Crippen LogP contribution in [0.4, 0.5) is 8.78 Å². The van der Waals surface area contributed by atoms with Crippen molar-refractivity contribution in [2.75, 3.05) is 13.2 Å². The second-order valence-corrected chi connectivity index (χ2v) is 12.8. The monoisotopic (exact) mass is 579 g/mol. The van der Waals surface area contributed by atoms with Gasteiger partial charge in [0.1, 0.15) is 11.6 Å². The molecule has 1 aromatic carbocycles. The largest absolute Gasteiger partial charge is 0.480 e. The number of hydrogen-bond acceptors (Lipinski definition) is 6. The molecule has 3 aliphatic carbocycles. The fourth-order valence-corrected chi connectivity index (χ4v) is 7.58. The third kappa shape index (κ3) is 4.97. The van der Waals surface area contributed by atoms with Crippen molar-refractivity contribution in [3.05, 3.63) is 45.6 Å². The summed E-state index contributed by atoms with van der Waals surface area (Å²) in [6.45, 7) is 8.33. The number of allylic oxidation sites excluding steroid dienone is 1. The first-order chi connectivity index (χ1) is 16.1. The molecule has 11 heteroatoms. The van der Waals surface area contributed by atoms with Gasteiger partial charge in [-0.15, -0.1) is 0 Å². The van der Waals surface area contributed by atoms with Gasteiger partial charge < -0.3 is 24.6 Å². The quantitative estimate of drug-likeness (QED) is 0.290. The normalized spacial score (nSPS) is 26.5. The van der Waals surface area contributed by atoms with E-state index in [1.807, 2.05) is 6.08 Å². The van der Waals surface area contributed by atoms with Gasteiger partial charge in [-0.2, -0.15) is 8.78 Å². The first-order valence-corrected chi connectivity index (χ1v) is 13.9. The molecule has 0 aliphatic heterocycles. The summed E-state index contributed by atoms with van der Waals surface area (Å²) in [6.07, 6.45) is 2.73. The zero-order valence-corrected chi connectivity index (χ0v) is 23.0. The number of halogens is 3. The Labute approximate surface area is 212 Å². The molecule has 0 saturated heterocycles. The first kappa shape index (κ1) is 28.3. The molecule has 0 amide bonds. The minimum atomic E-state index is -4.79. The topological polar surface area (TPSA) is 105 Å². The lowest BCUT2D eigenvalue weighted by atomic mass is 9.46. The van der Waals surface area contributed by atoms with Gasteiger partial charge in [0, 0.05) is 22.2 Å². The standard InChI is InChI=1S/C24H33BrF2NO6P/c1-6-33-35(32,34-7-2)24(26,27)16-9-8-14(10-17(16)25)11-18(21(29)30)28-20-13-15-12-19(22(15,3)4)23(20,5)31/h8-10,13,15,18-19,28,31H,6-7,11-12H2,1-5H3,(H,29,30)/t15?,18-,19?,23?/m0/s1. The first-order valence-electron chi connectivity index (χ1n) is 11.6. The van der Waals surface area contributed by atoms with Gasteiger partial charge in [0.2, 0.25) is 0 Å². The molecule has 1 saturated carbocycles. The van der Waals surface area contributed by atoms with Gasteiger partial charge in [0.15, 0.2) is 0 Å². The Morgan fingerprint density at radius 3 is 2.34 bits per heavy atom. The summed E-state index contributed by atoms with van der Waals surface area (Å²) in [5.74, 6) is -0.890. The molecule has 0 spiro atoms. The number of fused-ring (bicyclic) bond motifs is 1. The van der Waals surface area contributed by atoms with E-state index in [0.717, 1.165) is 12.5 Å². The molecule has 35 heavy (non-hydrogen) atoms. The number of rotatable bonds is 11. The van der Waals surface area contributed by atoms with Crippen molar-refractivity contribution in [1.29, 1.82) is 0 Å². The summed E-state index contributed by atoms with van der Waals surface area (Å²) >= 11 is 3.12. The van der Waals surface area contributed by atoms with Crippen LogP contribution in [-0.4, -0.2) is 41.0 Å². The lowest BCUT2D eigenvalue weighted by molar-refractivity contribution is -0.142. The molecule has 1 aromatic rings. The van der Waals surface area contributed by atoms with Gasteiger partial charge in [-0.05, 0) is 56.1 Å². The maximum atomic E-state index is 15.2. The second kappa shape index (κ2) is 9.86. The predicted molar refractivity (Wildman–Crippen MR) is 131 cm³/mol. The third-order valence-electron chi connectivity index (χ3n) is 7.30. The van der Waals surface area contributed by atoms with Gasteiger partial charge in [-0.1, -0.05) is 48.0 Å². The molecule has 0 radical (unpaired) electrons. The minimum absolute atomic E-state index is 0.00368. The van der Waals surface area contributed by atoms with E-state index in [1.165, 1.54) is 26.0 Å². The van der Waals surface area contributed by atoms with Crippen LogP contribution in [0.2, 0.25) is 0 Å².